The van der Waals surface area contributed by atoms with Gasteiger partial charge in [0.1, 0.15) is 5.82 Å². The van der Waals surface area contributed by atoms with Gasteiger partial charge in [-0.15, -0.1) is 0 Å². The number of rotatable bonds is 5. The lowest BCUT2D eigenvalue weighted by Crippen LogP contribution is -2.11. The van der Waals surface area contributed by atoms with Gasteiger partial charge in [-0.25, -0.2) is 4.39 Å². The van der Waals surface area contributed by atoms with Crippen molar-refractivity contribution in [2.45, 2.75) is 38.6 Å². The number of hydrogen-bond donors (Lipinski definition) is 1. The third-order valence-electron chi connectivity index (χ3n) is 2.50. The van der Waals surface area contributed by atoms with Crippen LogP contribution in [0.15, 0.2) is 18.2 Å². The fourth-order valence-electron chi connectivity index (χ4n) is 1.58. The van der Waals surface area contributed by atoms with Gasteiger partial charge in [0.2, 0.25) is 0 Å². The monoisotopic (exact) mass is 229 g/mol. The van der Waals surface area contributed by atoms with E-state index in [0.717, 1.165) is 25.7 Å². The van der Waals surface area contributed by atoms with Crippen molar-refractivity contribution in [2.75, 3.05) is 0 Å². The molecule has 0 saturated carbocycles. The minimum Gasteiger partial charge on any atom is -0.324 e. The standard InChI is InChI=1S/C12H17ClFN/c1-2-3-4-8-11(15)9-6-5-7-10(14)12(9)13/h5-7,11H,2-4,8,15H2,1H3. The van der Waals surface area contributed by atoms with Gasteiger partial charge < -0.3 is 5.73 Å². The zero-order valence-corrected chi connectivity index (χ0v) is 9.73. The van der Waals surface area contributed by atoms with Crippen LogP contribution >= 0.6 is 11.6 Å². The Hall–Kier alpha value is -0.600. The normalized spacial score (nSPS) is 12.8. The van der Waals surface area contributed by atoms with E-state index in [1.165, 1.54) is 6.07 Å². The van der Waals surface area contributed by atoms with Crippen LogP contribution in [0.25, 0.3) is 0 Å². The molecule has 2 N–H and O–H groups in total. The summed E-state index contributed by atoms with van der Waals surface area (Å²) in [6.07, 6.45) is 4.23. The number of hydrogen-bond acceptors (Lipinski definition) is 1. The zero-order valence-electron chi connectivity index (χ0n) is 8.97. The molecule has 0 saturated heterocycles. The Labute approximate surface area is 95.4 Å². The first-order valence-corrected chi connectivity index (χ1v) is 5.74. The van der Waals surface area contributed by atoms with Crippen molar-refractivity contribution in [1.29, 1.82) is 0 Å². The van der Waals surface area contributed by atoms with Crippen LogP contribution in [-0.2, 0) is 0 Å². The molecule has 1 aromatic rings. The van der Waals surface area contributed by atoms with Crippen LogP contribution in [-0.4, -0.2) is 0 Å². The molecule has 0 fully saturated rings. The Bertz CT molecular complexity index is 314. The van der Waals surface area contributed by atoms with Gasteiger partial charge in [-0.3, -0.25) is 0 Å². The fourth-order valence-corrected chi connectivity index (χ4v) is 1.84. The molecule has 15 heavy (non-hydrogen) atoms. The van der Waals surface area contributed by atoms with E-state index < -0.39 is 0 Å². The van der Waals surface area contributed by atoms with E-state index in [4.69, 9.17) is 17.3 Å². The first-order valence-electron chi connectivity index (χ1n) is 5.36. The van der Waals surface area contributed by atoms with Crippen LogP contribution < -0.4 is 5.73 Å². The smallest absolute Gasteiger partial charge is 0.142 e. The summed E-state index contributed by atoms with van der Waals surface area (Å²) in [5.41, 5.74) is 6.67. The number of nitrogens with two attached hydrogens (primary N) is 1. The van der Waals surface area contributed by atoms with Crippen LogP contribution in [0.4, 0.5) is 4.39 Å². The van der Waals surface area contributed by atoms with Gasteiger partial charge in [0, 0.05) is 6.04 Å². The van der Waals surface area contributed by atoms with E-state index in [2.05, 4.69) is 6.92 Å². The van der Waals surface area contributed by atoms with Crippen molar-refractivity contribution in [3.8, 4) is 0 Å². The van der Waals surface area contributed by atoms with Gasteiger partial charge >= 0.3 is 0 Å². The quantitative estimate of drug-likeness (QED) is 0.758. The Balaban J connectivity index is 2.65. The number of unbranched alkanes of at least 4 members (excludes halogenated alkanes) is 2. The van der Waals surface area contributed by atoms with Crippen molar-refractivity contribution in [3.63, 3.8) is 0 Å². The van der Waals surface area contributed by atoms with Gasteiger partial charge in [0.05, 0.1) is 5.02 Å². The molecule has 0 aliphatic carbocycles. The maximum Gasteiger partial charge on any atom is 0.142 e. The molecule has 1 atom stereocenters. The highest BCUT2D eigenvalue weighted by Crippen LogP contribution is 2.27. The molecule has 0 radical (unpaired) electrons. The SMILES string of the molecule is CCCCCC(N)c1cccc(F)c1Cl. The summed E-state index contributed by atoms with van der Waals surface area (Å²) in [6.45, 7) is 2.14. The van der Waals surface area contributed by atoms with Gasteiger partial charge in [0.15, 0.2) is 0 Å². The Morgan fingerprint density at radius 3 is 2.80 bits per heavy atom. The average Bonchev–Trinajstić information content (AvgIpc) is 2.22. The summed E-state index contributed by atoms with van der Waals surface area (Å²) in [7, 11) is 0. The maximum absolute atomic E-state index is 13.1. The molecule has 0 amide bonds. The summed E-state index contributed by atoms with van der Waals surface area (Å²) < 4.78 is 13.1. The highest BCUT2D eigenvalue weighted by Gasteiger charge is 2.12. The van der Waals surface area contributed by atoms with Crippen LogP contribution in [0.5, 0.6) is 0 Å². The highest BCUT2D eigenvalue weighted by molar-refractivity contribution is 6.31. The Morgan fingerprint density at radius 1 is 1.40 bits per heavy atom. The van der Waals surface area contributed by atoms with Crippen molar-refractivity contribution < 1.29 is 4.39 Å². The minimum absolute atomic E-state index is 0.153. The van der Waals surface area contributed by atoms with Crippen LogP contribution in [0, 0.1) is 5.82 Å². The molecule has 84 valence electrons. The predicted octanol–water partition coefficient (Wildman–Crippen LogP) is 4.06. The molecule has 0 aromatic heterocycles. The second kappa shape index (κ2) is 6.09. The van der Waals surface area contributed by atoms with E-state index in [1.807, 2.05) is 0 Å². The van der Waals surface area contributed by atoms with Crippen molar-refractivity contribution in [1.82, 2.24) is 0 Å². The largest absolute Gasteiger partial charge is 0.324 e. The second-order valence-electron chi connectivity index (χ2n) is 3.75. The van der Waals surface area contributed by atoms with Gasteiger partial charge in [-0.1, -0.05) is 49.9 Å². The van der Waals surface area contributed by atoms with Crippen LogP contribution in [0.3, 0.4) is 0 Å². The third-order valence-corrected chi connectivity index (χ3v) is 2.90. The molecule has 0 bridgehead atoms. The third kappa shape index (κ3) is 3.47. The lowest BCUT2D eigenvalue weighted by Gasteiger charge is -2.13. The molecular weight excluding hydrogens is 213 g/mol. The van der Waals surface area contributed by atoms with E-state index in [0.29, 0.717) is 5.56 Å². The first-order chi connectivity index (χ1) is 7.16. The van der Waals surface area contributed by atoms with Crippen molar-refractivity contribution in [2.24, 2.45) is 5.73 Å². The molecule has 0 spiro atoms. The van der Waals surface area contributed by atoms with Crippen LogP contribution in [0.2, 0.25) is 5.02 Å². The highest BCUT2D eigenvalue weighted by atomic mass is 35.5. The second-order valence-corrected chi connectivity index (χ2v) is 4.12. The molecule has 0 aliphatic heterocycles. The lowest BCUT2D eigenvalue weighted by atomic mass is 10.0. The molecule has 1 rings (SSSR count). The number of benzene rings is 1. The average molecular weight is 230 g/mol. The summed E-state index contributed by atoms with van der Waals surface area (Å²) in [4.78, 5) is 0. The fraction of sp³-hybridized carbons (Fsp3) is 0.500. The van der Waals surface area contributed by atoms with Gasteiger partial charge in [0.25, 0.3) is 0 Å². The van der Waals surface area contributed by atoms with E-state index >= 15 is 0 Å². The van der Waals surface area contributed by atoms with Gasteiger partial charge in [-0.05, 0) is 18.1 Å². The van der Waals surface area contributed by atoms with Crippen LogP contribution in [0.1, 0.15) is 44.2 Å². The maximum atomic E-state index is 13.1. The Kier molecular flexibility index (Phi) is 5.06. The lowest BCUT2D eigenvalue weighted by molar-refractivity contribution is 0.573. The molecule has 1 unspecified atom stereocenters. The number of halogens is 2. The zero-order chi connectivity index (χ0) is 11.3. The summed E-state index contributed by atoms with van der Waals surface area (Å²) in [6, 6.07) is 4.64. The van der Waals surface area contributed by atoms with Gasteiger partial charge in [-0.2, -0.15) is 0 Å². The summed E-state index contributed by atoms with van der Waals surface area (Å²) in [5.74, 6) is -0.389. The summed E-state index contributed by atoms with van der Waals surface area (Å²) in [5, 5.41) is 0.168. The summed E-state index contributed by atoms with van der Waals surface area (Å²) >= 11 is 5.85. The Morgan fingerprint density at radius 2 is 2.13 bits per heavy atom. The molecular formula is C12H17ClFN. The molecule has 0 aliphatic rings. The molecule has 1 nitrogen and oxygen atoms in total. The minimum atomic E-state index is -0.389. The van der Waals surface area contributed by atoms with E-state index in [-0.39, 0.29) is 16.9 Å². The van der Waals surface area contributed by atoms with Crippen molar-refractivity contribution in [3.05, 3.63) is 34.6 Å². The predicted molar refractivity (Wildman–Crippen MR) is 62.5 cm³/mol. The van der Waals surface area contributed by atoms with E-state index in [9.17, 15) is 4.39 Å². The molecule has 3 heteroatoms. The first kappa shape index (κ1) is 12.5. The molecule has 1 aromatic carbocycles. The van der Waals surface area contributed by atoms with Crippen molar-refractivity contribution >= 4 is 11.6 Å². The van der Waals surface area contributed by atoms with E-state index in [1.54, 1.807) is 12.1 Å². The topological polar surface area (TPSA) is 26.0 Å². The molecule has 0 heterocycles.